The molecule has 1 aromatic heterocycles. The summed E-state index contributed by atoms with van der Waals surface area (Å²) in [5, 5.41) is 23.2. The topological polar surface area (TPSA) is 92.4 Å². The Balaban J connectivity index is 1.62. The van der Waals surface area contributed by atoms with Crippen molar-refractivity contribution >= 4 is 69.1 Å². The largest absolute Gasteiger partial charge is 0.506 e. The highest BCUT2D eigenvalue weighted by molar-refractivity contribution is 14.1. The van der Waals surface area contributed by atoms with Gasteiger partial charge >= 0.3 is 0 Å². The third kappa shape index (κ3) is 5.72. The highest BCUT2D eigenvalue weighted by Gasteiger charge is 2.14. The molecule has 0 spiro atoms. The molecule has 0 saturated carbocycles. The van der Waals surface area contributed by atoms with Crippen LogP contribution >= 0.6 is 56.9 Å². The number of aryl methyl sites for hydroxylation is 1. The number of aromatic hydroxyl groups is 1. The van der Waals surface area contributed by atoms with Crippen LogP contribution in [0, 0.1) is 14.1 Å². The number of rotatable bonds is 7. The molecule has 7 nitrogen and oxygen atoms in total. The number of hydrazone groups is 1. The van der Waals surface area contributed by atoms with Gasteiger partial charge in [0.25, 0.3) is 5.91 Å². The molecule has 0 aliphatic carbocycles. The van der Waals surface area contributed by atoms with Gasteiger partial charge in [0.2, 0.25) is 0 Å². The number of carbonyl (C=O) groups excluding carboxylic acids is 1. The van der Waals surface area contributed by atoms with Crippen molar-refractivity contribution in [3.8, 4) is 17.1 Å². The van der Waals surface area contributed by atoms with Crippen molar-refractivity contribution in [1.29, 1.82) is 0 Å². The molecule has 0 atom stereocenters. The minimum Gasteiger partial charge on any atom is -0.506 e. The van der Waals surface area contributed by atoms with Gasteiger partial charge in [0, 0.05) is 21.2 Å². The highest BCUT2D eigenvalue weighted by Crippen LogP contribution is 2.26. The van der Waals surface area contributed by atoms with E-state index in [9.17, 15) is 9.90 Å². The first-order valence-electron chi connectivity index (χ1n) is 9.02. The number of nitrogens with one attached hydrogen (secondary N) is 1. The number of hydrogen-bond donors (Lipinski definition) is 2. The number of carbonyl (C=O) groups is 1. The number of aromatic nitrogens is 3. The van der Waals surface area contributed by atoms with Crippen LogP contribution in [0.2, 0.25) is 0 Å². The van der Waals surface area contributed by atoms with Crippen molar-refractivity contribution in [1.82, 2.24) is 20.2 Å². The number of amides is 1. The van der Waals surface area contributed by atoms with Crippen LogP contribution < -0.4 is 5.43 Å². The second kappa shape index (κ2) is 10.6. The predicted octanol–water partition coefficient (Wildman–Crippen LogP) is 4.43. The number of phenolic OH excluding ortho intramolecular Hbond substituents is 1. The fraction of sp³-hybridized carbons (Fsp3) is 0.200. The van der Waals surface area contributed by atoms with E-state index in [0.29, 0.717) is 17.3 Å². The number of benzene rings is 2. The van der Waals surface area contributed by atoms with Gasteiger partial charge in [-0.3, -0.25) is 4.79 Å². The van der Waals surface area contributed by atoms with Crippen molar-refractivity contribution in [2.75, 3.05) is 5.75 Å². The van der Waals surface area contributed by atoms with E-state index in [1.165, 1.54) is 23.5 Å². The minimum atomic E-state index is -0.265. The lowest BCUT2D eigenvalue weighted by atomic mass is 10.1. The molecule has 30 heavy (non-hydrogen) atoms. The summed E-state index contributed by atoms with van der Waals surface area (Å²) >= 11 is 5.52. The Bertz CT molecular complexity index is 1080. The predicted molar refractivity (Wildman–Crippen MR) is 136 cm³/mol. The van der Waals surface area contributed by atoms with Gasteiger partial charge < -0.3 is 9.67 Å². The molecule has 1 amide bonds. The number of nitrogens with zero attached hydrogens (tertiary/aromatic N) is 4. The maximum atomic E-state index is 12.2. The summed E-state index contributed by atoms with van der Waals surface area (Å²) in [6, 6.07) is 11.8. The Morgan fingerprint density at radius 3 is 2.70 bits per heavy atom. The third-order valence-corrected chi connectivity index (χ3v) is 6.54. The van der Waals surface area contributed by atoms with Gasteiger partial charge in [0.05, 0.1) is 15.5 Å². The molecule has 0 aliphatic heterocycles. The summed E-state index contributed by atoms with van der Waals surface area (Å²) in [5.41, 5.74) is 5.21. The van der Waals surface area contributed by atoms with Gasteiger partial charge in [-0.25, -0.2) is 5.43 Å². The molecule has 2 aromatic carbocycles. The molecule has 2 N–H and O–H groups in total. The van der Waals surface area contributed by atoms with E-state index in [2.05, 4.69) is 65.9 Å². The molecule has 1 heterocycles. The normalized spacial score (nSPS) is 11.2. The second-order valence-corrected chi connectivity index (χ2v) is 9.67. The summed E-state index contributed by atoms with van der Waals surface area (Å²) in [6.45, 7) is 4.75. The molecule has 0 fully saturated rings. The summed E-state index contributed by atoms with van der Waals surface area (Å²) in [5.74, 6) is 0.808. The summed E-state index contributed by atoms with van der Waals surface area (Å²) in [4.78, 5) is 12.2. The van der Waals surface area contributed by atoms with Gasteiger partial charge in [0.1, 0.15) is 5.75 Å². The van der Waals surface area contributed by atoms with Crippen LogP contribution in [0.5, 0.6) is 5.75 Å². The van der Waals surface area contributed by atoms with Crippen LogP contribution in [0.15, 0.2) is 46.7 Å². The highest BCUT2D eigenvalue weighted by atomic mass is 127. The van der Waals surface area contributed by atoms with Crippen LogP contribution in [-0.2, 0) is 11.3 Å². The summed E-state index contributed by atoms with van der Waals surface area (Å²) < 4.78 is 3.69. The first-order chi connectivity index (χ1) is 14.4. The van der Waals surface area contributed by atoms with E-state index in [-0.39, 0.29) is 17.4 Å². The first kappa shape index (κ1) is 23.0. The number of hydrogen-bond acceptors (Lipinski definition) is 6. The molecular weight excluding hydrogens is 628 g/mol. The fourth-order valence-corrected chi connectivity index (χ4v) is 5.30. The summed E-state index contributed by atoms with van der Waals surface area (Å²) in [6.07, 6.45) is 1.44. The molecule has 0 aliphatic rings. The Labute approximate surface area is 206 Å². The van der Waals surface area contributed by atoms with Crippen LogP contribution in [0.4, 0.5) is 0 Å². The molecule has 3 rings (SSSR count). The summed E-state index contributed by atoms with van der Waals surface area (Å²) in [7, 11) is 0. The maximum Gasteiger partial charge on any atom is 0.250 e. The fourth-order valence-electron chi connectivity index (χ4n) is 2.62. The van der Waals surface area contributed by atoms with E-state index in [1.54, 1.807) is 6.07 Å². The van der Waals surface area contributed by atoms with E-state index >= 15 is 0 Å². The second-order valence-electron chi connectivity index (χ2n) is 6.32. The Kier molecular flexibility index (Phi) is 8.11. The molecule has 156 valence electrons. The quantitative estimate of drug-likeness (QED) is 0.172. The lowest BCUT2D eigenvalue weighted by Crippen LogP contribution is -2.20. The van der Waals surface area contributed by atoms with E-state index in [1.807, 2.05) is 48.7 Å². The maximum absolute atomic E-state index is 12.2. The van der Waals surface area contributed by atoms with E-state index in [0.717, 1.165) is 18.5 Å². The van der Waals surface area contributed by atoms with Crippen LogP contribution in [-0.4, -0.2) is 37.7 Å². The van der Waals surface area contributed by atoms with Crippen molar-refractivity contribution < 1.29 is 9.90 Å². The Morgan fingerprint density at radius 2 is 2.00 bits per heavy atom. The Hall–Kier alpha value is -1.67. The smallest absolute Gasteiger partial charge is 0.250 e. The average molecular weight is 647 g/mol. The molecule has 0 radical (unpaired) electrons. The van der Waals surface area contributed by atoms with Crippen LogP contribution in [0.1, 0.15) is 18.1 Å². The first-order valence-corrected chi connectivity index (χ1v) is 12.2. The SMILES string of the molecule is CCn1c(SCC(=O)N/N=C/c2cc(I)cc(I)c2O)nnc1-c1ccc(C)cc1. The van der Waals surface area contributed by atoms with Gasteiger partial charge in [-0.2, -0.15) is 5.10 Å². The van der Waals surface area contributed by atoms with E-state index in [4.69, 9.17) is 0 Å². The van der Waals surface area contributed by atoms with Crippen LogP contribution in [0.25, 0.3) is 11.4 Å². The van der Waals surface area contributed by atoms with Crippen molar-refractivity contribution in [2.45, 2.75) is 25.5 Å². The van der Waals surface area contributed by atoms with Crippen molar-refractivity contribution in [3.05, 3.63) is 54.7 Å². The van der Waals surface area contributed by atoms with Crippen molar-refractivity contribution in [2.24, 2.45) is 5.10 Å². The van der Waals surface area contributed by atoms with Crippen LogP contribution in [0.3, 0.4) is 0 Å². The van der Waals surface area contributed by atoms with E-state index < -0.39 is 0 Å². The zero-order valence-electron chi connectivity index (χ0n) is 16.3. The van der Waals surface area contributed by atoms with Crippen molar-refractivity contribution in [3.63, 3.8) is 0 Å². The van der Waals surface area contributed by atoms with Gasteiger partial charge in [-0.05, 0) is 71.2 Å². The Morgan fingerprint density at radius 1 is 1.27 bits per heavy atom. The molecule has 0 unspecified atom stereocenters. The molecule has 3 aromatic rings. The standard InChI is InChI=1S/C20H19I2N5O2S/c1-3-27-19(13-6-4-12(2)5-7-13)25-26-20(27)30-11-17(28)24-23-10-14-8-15(21)9-16(22)18(14)29/h4-10,29H,3,11H2,1-2H3,(H,24,28)/b23-10+. The molecule has 0 bridgehead atoms. The monoisotopic (exact) mass is 647 g/mol. The lowest BCUT2D eigenvalue weighted by molar-refractivity contribution is -0.118. The minimum absolute atomic E-state index is 0.142. The van der Waals surface area contributed by atoms with Gasteiger partial charge in [-0.15, -0.1) is 10.2 Å². The number of phenols is 1. The average Bonchev–Trinajstić information content (AvgIpc) is 3.13. The number of thioether (sulfide) groups is 1. The van der Waals surface area contributed by atoms with Gasteiger partial charge in [-0.1, -0.05) is 41.6 Å². The molecular formula is C20H19I2N5O2S. The number of halogens is 2. The molecule has 10 heteroatoms. The zero-order valence-corrected chi connectivity index (χ0v) is 21.4. The van der Waals surface area contributed by atoms with Gasteiger partial charge in [0.15, 0.2) is 11.0 Å². The lowest BCUT2D eigenvalue weighted by Gasteiger charge is -2.07. The third-order valence-electron chi connectivity index (χ3n) is 4.13. The zero-order chi connectivity index (χ0) is 21.7. The molecule has 0 saturated heterocycles.